The number of phosphoric ester groups is 1. The highest BCUT2D eigenvalue weighted by atomic mass is 31.2. The first-order valence-corrected chi connectivity index (χ1v) is 36.1. The van der Waals surface area contributed by atoms with E-state index in [9.17, 15) is 28.9 Å². The Balaban J connectivity index is 4.59. The standard InChI is InChI=1S/C68H131O11P/c1-4-7-10-13-16-19-22-25-28-30-32-34-37-40-43-46-49-52-55-58-67(71)78-64(60-69)62-76-80(73,74)77-63-65(61-75-66(70)57-54-51-48-45-42-39-36-27-24-21-18-15-12-9-6-3)79-68(72)59-56-53-50-47-44-41-38-35-33-31-29-26-23-20-17-14-11-8-5-2/h26,29,64-65,69H,4-25,27-28,30-63H2,1-3H3,(H,73,74)/b29-26-. The predicted molar refractivity (Wildman–Crippen MR) is 335 cm³/mol. The van der Waals surface area contributed by atoms with Crippen molar-refractivity contribution in [2.75, 3.05) is 26.4 Å². The van der Waals surface area contributed by atoms with E-state index in [0.29, 0.717) is 19.3 Å². The molecule has 0 radical (unpaired) electrons. The Morgan fingerprint density at radius 3 is 0.863 bits per heavy atom. The van der Waals surface area contributed by atoms with Crippen LogP contribution in [-0.2, 0) is 42.2 Å². The summed E-state index contributed by atoms with van der Waals surface area (Å²) in [6, 6.07) is 0. The summed E-state index contributed by atoms with van der Waals surface area (Å²) >= 11 is 0. The van der Waals surface area contributed by atoms with E-state index in [0.717, 1.165) is 57.8 Å². The maximum Gasteiger partial charge on any atom is 0.472 e. The van der Waals surface area contributed by atoms with E-state index in [1.165, 1.54) is 250 Å². The van der Waals surface area contributed by atoms with Crippen LogP contribution in [0, 0.1) is 0 Å². The molecular weight excluding hydrogens is 1020 g/mol. The van der Waals surface area contributed by atoms with Gasteiger partial charge in [0.1, 0.15) is 12.7 Å². The lowest BCUT2D eigenvalue weighted by atomic mass is 10.0. The van der Waals surface area contributed by atoms with Gasteiger partial charge in [0.25, 0.3) is 0 Å². The van der Waals surface area contributed by atoms with Crippen LogP contribution in [0.1, 0.15) is 367 Å². The lowest BCUT2D eigenvalue weighted by molar-refractivity contribution is -0.161. The average Bonchev–Trinajstić information content (AvgIpc) is 3.45. The molecule has 0 rings (SSSR count). The Hall–Kier alpha value is -1.78. The van der Waals surface area contributed by atoms with Gasteiger partial charge in [-0.05, 0) is 44.9 Å². The summed E-state index contributed by atoms with van der Waals surface area (Å²) in [4.78, 5) is 48.8. The molecule has 0 aromatic carbocycles. The van der Waals surface area contributed by atoms with Crippen molar-refractivity contribution in [3.8, 4) is 0 Å². The van der Waals surface area contributed by atoms with E-state index in [-0.39, 0.29) is 25.9 Å². The molecule has 12 heteroatoms. The first-order valence-electron chi connectivity index (χ1n) is 34.6. The largest absolute Gasteiger partial charge is 0.472 e. The van der Waals surface area contributed by atoms with E-state index < -0.39 is 57.8 Å². The normalized spacial score (nSPS) is 13.2. The lowest BCUT2D eigenvalue weighted by Crippen LogP contribution is -2.30. The monoisotopic (exact) mass is 1150 g/mol. The molecular formula is C68H131O11P. The molecule has 0 aromatic rings. The molecule has 3 atom stereocenters. The third-order valence-electron chi connectivity index (χ3n) is 15.7. The van der Waals surface area contributed by atoms with Crippen molar-refractivity contribution in [1.29, 1.82) is 0 Å². The van der Waals surface area contributed by atoms with Crippen LogP contribution < -0.4 is 0 Å². The van der Waals surface area contributed by atoms with Crippen LogP contribution in [-0.4, -0.2) is 66.5 Å². The van der Waals surface area contributed by atoms with Gasteiger partial charge in [0.15, 0.2) is 6.10 Å². The minimum absolute atomic E-state index is 0.173. The van der Waals surface area contributed by atoms with Crippen LogP contribution in [0.4, 0.5) is 0 Å². The molecule has 0 aliphatic rings. The number of hydrogen-bond acceptors (Lipinski definition) is 10. The molecule has 3 unspecified atom stereocenters. The van der Waals surface area contributed by atoms with Gasteiger partial charge >= 0.3 is 25.7 Å². The second-order valence-electron chi connectivity index (χ2n) is 23.7. The van der Waals surface area contributed by atoms with Crippen LogP contribution in [0.15, 0.2) is 12.2 Å². The molecule has 0 fully saturated rings. The van der Waals surface area contributed by atoms with Gasteiger partial charge in [0.05, 0.1) is 19.8 Å². The maximum absolute atomic E-state index is 13.0. The molecule has 0 saturated heterocycles. The molecule has 0 aliphatic heterocycles. The number of carbonyl (C=O) groups is 3. The summed E-state index contributed by atoms with van der Waals surface area (Å²) in [5.41, 5.74) is 0. The molecule has 0 saturated carbocycles. The smallest absolute Gasteiger partial charge is 0.462 e. The quantitative estimate of drug-likeness (QED) is 0.0197. The highest BCUT2D eigenvalue weighted by Crippen LogP contribution is 2.43. The van der Waals surface area contributed by atoms with Crippen molar-refractivity contribution in [3.63, 3.8) is 0 Å². The average molecular weight is 1160 g/mol. The van der Waals surface area contributed by atoms with E-state index >= 15 is 0 Å². The van der Waals surface area contributed by atoms with Crippen molar-refractivity contribution in [3.05, 3.63) is 12.2 Å². The zero-order chi connectivity index (χ0) is 58.3. The molecule has 0 aromatic heterocycles. The molecule has 0 heterocycles. The van der Waals surface area contributed by atoms with Crippen LogP contribution in [0.2, 0.25) is 0 Å². The van der Waals surface area contributed by atoms with E-state index in [2.05, 4.69) is 32.9 Å². The summed E-state index contributed by atoms with van der Waals surface area (Å²) in [6.07, 6.45) is 65.9. The zero-order valence-electron chi connectivity index (χ0n) is 52.8. The minimum Gasteiger partial charge on any atom is -0.462 e. The van der Waals surface area contributed by atoms with Gasteiger partial charge in [0.2, 0.25) is 0 Å². The number of ether oxygens (including phenoxy) is 3. The Morgan fingerprint density at radius 1 is 0.338 bits per heavy atom. The fraction of sp³-hybridized carbons (Fsp3) is 0.926. The van der Waals surface area contributed by atoms with Crippen molar-refractivity contribution in [1.82, 2.24) is 0 Å². The van der Waals surface area contributed by atoms with Crippen molar-refractivity contribution in [2.45, 2.75) is 380 Å². The van der Waals surface area contributed by atoms with Crippen LogP contribution in [0.3, 0.4) is 0 Å². The molecule has 2 N–H and O–H groups in total. The van der Waals surface area contributed by atoms with Crippen LogP contribution in [0.25, 0.3) is 0 Å². The first kappa shape index (κ1) is 78.2. The number of hydrogen-bond donors (Lipinski definition) is 2. The summed E-state index contributed by atoms with van der Waals surface area (Å²) < 4.78 is 39.8. The number of phosphoric acid groups is 1. The summed E-state index contributed by atoms with van der Waals surface area (Å²) in [6.45, 7) is 4.75. The highest BCUT2D eigenvalue weighted by molar-refractivity contribution is 7.47. The SMILES string of the molecule is CCCCCCCC/C=C\CCCCCCCCCCCC(=O)OC(COC(=O)CCCCCCCCCCCCCCCCC)COP(=O)(O)OCC(CO)OC(=O)CCCCCCCCCCCCCCCCCCCCC. The van der Waals surface area contributed by atoms with Crippen molar-refractivity contribution in [2.24, 2.45) is 0 Å². The van der Waals surface area contributed by atoms with Crippen LogP contribution >= 0.6 is 7.82 Å². The molecule has 80 heavy (non-hydrogen) atoms. The predicted octanol–water partition coefficient (Wildman–Crippen LogP) is 21.2. The van der Waals surface area contributed by atoms with Gasteiger partial charge in [-0.2, -0.15) is 0 Å². The molecule has 0 spiro atoms. The third kappa shape index (κ3) is 60.8. The topological polar surface area (TPSA) is 155 Å². The Kier molecular flexibility index (Phi) is 61.8. The second kappa shape index (κ2) is 63.2. The van der Waals surface area contributed by atoms with Gasteiger partial charge in [-0.25, -0.2) is 4.57 Å². The number of unbranched alkanes of at least 4 members (excludes halogenated alkanes) is 47. The number of esters is 3. The fourth-order valence-corrected chi connectivity index (χ4v) is 11.2. The molecule has 11 nitrogen and oxygen atoms in total. The van der Waals surface area contributed by atoms with E-state index in [1.807, 2.05) is 0 Å². The first-order chi connectivity index (χ1) is 39.2. The maximum atomic E-state index is 13.0. The second-order valence-corrected chi connectivity index (χ2v) is 25.2. The Morgan fingerprint density at radius 2 is 0.575 bits per heavy atom. The Labute approximate surface area is 494 Å². The Bertz CT molecular complexity index is 1390. The number of allylic oxidation sites excluding steroid dienone is 2. The number of rotatable bonds is 66. The lowest BCUT2D eigenvalue weighted by Gasteiger charge is -2.21. The molecule has 0 aliphatic carbocycles. The van der Waals surface area contributed by atoms with Gasteiger partial charge in [0, 0.05) is 19.3 Å². The van der Waals surface area contributed by atoms with Gasteiger partial charge in [-0.3, -0.25) is 23.4 Å². The molecule has 474 valence electrons. The summed E-state index contributed by atoms with van der Waals surface area (Å²) in [7, 11) is -4.75. The number of aliphatic hydroxyl groups is 1. The fourth-order valence-electron chi connectivity index (χ4n) is 10.4. The van der Waals surface area contributed by atoms with Gasteiger partial charge in [-0.1, -0.05) is 315 Å². The summed E-state index contributed by atoms with van der Waals surface area (Å²) in [5.74, 6) is -1.42. The highest BCUT2D eigenvalue weighted by Gasteiger charge is 2.28. The summed E-state index contributed by atoms with van der Waals surface area (Å²) in [5, 5.41) is 9.88. The van der Waals surface area contributed by atoms with Gasteiger partial charge in [-0.15, -0.1) is 0 Å². The van der Waals surface area contributed by atoms with Crippen molar-refractivity contribution >= 4 is 25.7 Å². The van der Waals surface area contributed by atoms with Crippen LogP contribution in [0.5, 0.6) is 0 Å². The third-order valence-corrected chi connectivity index (χ3v) is 16.6. The molecule has 0 amide bonds. The zero-order valence-corrected chi connectivity index (χ0v) is 53.7. The van der Waals surface area contributed by atoms with E-state index in [4.69, 9.17) is 23.3 Å². The van der Waals surface area contributed by atoms with E-state index in [1.54, 1.807) is 0 Å². The van der Waals surface area contributed by atoms with Crippen molar-refractivity contribution < 1.29 is 52.2 Å². The number of carbonyl (C=O) groups excluding carboxylic acids is 3. The minimum atomic E-state index is -4.75. The number of aliphatic hydroxyl groups excluding tert-OH is 1. The molecule has 0 bridgehead atoms. The van der Waals surface area contributed by atoms with Gasteiger partial charge < -0.3 is 24.2 Å².